The maximum atomic E-state index is 12.5. The summed E-state index contributed by atoms with van der Waals surface area (Å²) in [4.78, 5) is 14.2. The van der Waals surface area contributed by atoms with E-state index in [2.05, 4.69) is 27.4 Å². The molecule has 0 aromatic heterocycles. The van der Waals surface area contributed by atoms with Gasteiger partial charge in [-0.2, -0.15) is 0 Å². The summed E-state index contributed by atoms with van der Waals surface area (Å²) in [6.45, 7) is 10.7. The molecule has 2 aromatic rings. The van der Waals surface area contributed by atoms with Gasteiger partial charge in [0.1, 0.15) is 18.1 Å². The quantitative estimate of drug-likeness (QED) is 0.645. The zero-order valence-electron chi connectivity index (χ0n) is 17.0. The Morgan fingerprint density at radius 3 is 2.54 bits per heavy atom. The second kappa shape index (κ2) is 9.16. The Labute approximate surface area is 172 Å². The van der Waals surface area contributed by atoms with Crippen molar-refractivity contribution in [2.45, 2.75) is 32.6 Å². The molecule has 0 aliphatic rings. The summed E-state index contributed by atoms with van der Waals surface area (Å²) >= 11 is 6.13. The third-order valence-electron chi connectivity index (χ3n) is 4.53. The molecule has 2 aromatic carbocycles. The van der Waals surface area contributed by atoms with E-state index in [0.29, 0.717) is 23.7 Å². The Bertz CT molecular complexity index is 855. The molecular formula is C23H28ClNO3. The minimum Gasteiger partial charge on any atom is -0.508 e. The number of rotatable bonds is 7. The van der Waals surface area contributed by atoms with Gasteiger partial charge in [-0.15, -0.1) is 0 Å². The molecule has 28 heavy (non-hydrogen) atoms. The number of aliphatic hydroxyl groups is 1. The number of carbonyl (C=O) groups excluding carboxylic acids is 1. The summed E-state index contributed by atoms with van der Waals surface area (Å²) in [5.41, 5.74) is 2.28. The zero-order valence-corrected chi connectivity index (χ0v) is 17.7. The maximum Gasteiger partial charge on any atom is 0.226 e. The van der Waals surface area contributed by atoms with Crippen molar-refractivity contribution in [1.29, 1.82) is 0 Å². The van der Waals surface area contributed by atoms with Gasteiger partial charge >= 0.3 is 0 Å². The number of amides is 1. The largest absolute Gasteiger partial charge is 0.508 e. The normalized spacial score (nSPS) is 11.2. The SMILES string of the molecule is C=C(O)c1ccccc1CC(=O)N(C)CCOc1ccc(Cl)cc1C(C)(C)C. The van der Waals surface area contributed by atoms with Crippen LogP contribution in [0, 0.1) is 0 Å². The molecule has 1 amide bonds. The lowest BCUT2D eigenvalue weighted by Crippen LogP contribution is -2.32. The minimum atomic E-state index is -0.0989. The lowest BCUT2D eigenvalue weighted by atomic mass is 9.86. The summed E-state index contributed by atoms with van der Waals surface area (Å²) in [7, 11) is 1.74. The highest BCUT2D eigenvalue weighted by atomic mass is 35.5. The van der Waals surface area contributed by atoms with Crippen molar-refractivity contribution in [3.05, 3.63) is 70.8 Å². The molecule has 0 heterocycles. The molecule has 1 N–H and O–H groups in total. The molecule has 0 unspecified atom stereocenters. The van der Waals surface area contributed by atoms with E-state index in [0.717, 1.165) is 16.9 Å². The van der Waals surface area contributed by atoms with E-state index in [-0.39, 0.29) is 23.5 Å². The molecule has 0 bridgehead atoms. The maximum absolute atomic E-state index is 12.5. The summed E-state index contributed by atoms with van der Waals surface area (Å²) < 4.78 is 5.94. The Morgan fingerprint density at radius 2 is 1.89 bits per heavy atom. The van der Waals surface area contributed by atoms with E-state index in [1.54, 1.807) is 30.1 Å². The molecule has 0 saturated carbocycles. The Morgan fingerprint density at radius 1 is 1.21 bits per heavy atom. The van der Waals surface area contributed by atoms with Crippen molar-refractivity contribution in [1.82, 2.24) is 4.90 Å². The third-order valence-corrected chi connectivity index (χ3v) is 4.76. The van der Waals surface area contributed by atoms with Crippen LogP contribution >= 0.6 is 11.6 Å². The molecule has 4 nitrogen and oxygen atoms in total. The number of hydrogen-bond donors (Lipinski definition) is 1. The first-order chi connectivity index (χ1) is 13.1. The number of halogens is 1. The van der Waals surface area contributed by atoms with Crippen LogP contribution in [0.1, 0.15) is 37.5 Å². The highest BCUT2D eigenvalue weighted by Gasteiger charge is 2.20. The highest BCUT2D eigenvalue weighted by Crippen LogP contribution is 2.33. The number of hydrogen-bond acceptors (Lipinski definition) is 3. The predicted octanol–water partition coefficient (Wildman–Crippen LogP) is 5.25. The fourth-order valence-electron chi connectivity index (χ4n) is 2.89. The molecule has 150 valence electrons. The summed E-state index contributed by atoms with van der Waals surface area (Å²) in [5.74, 6) is 0.691. The lowest BCUT2D eigenvalue weighted by molar-refractivity contribution is -0.129. The fraction of sp³-hybridized carbons (Fsp3) is 0.348. The molecule has 0 atom stereocenters. The van der Waals surface area contributed by atoms with Gasteiger partial charge in [0, 0.05) is 23.2 Å². The Kier molecular flexibility index (Phi) is 7.14. The molecular weight excluding hydrogens is 374 g/mol. The van der Waals surface area contributed by atoms with Gasteiger partial charge in [0.05, 0.1) is 13.0 Å². The average Bonchev–Trinajstić information content (AvgIpc) is 2.62. The van der Waals surface area contributed by atoms with Gasteiger partial charge in [0.25, 0.3) is 0 Å². The van der Waals surface area contributed by atoms with Crippen molar-refractivity contribution >= 4 is 23.3 Å². The number of ether oxygens (including phenoxy) is 1. The molecule has 0 aliphatic carbocycles. The van der Waals surface area contributed by atoms with E-state index >= 15 is 0 Å². The average molecular weight is 402 g/mol. The van der Waals surface area contributed by atoms with Crippen LogP contribution in [0.15, 0.2) is 49.0 Å². The second-order valence-electron chi connectivity index (χ2n) is 7.83. The molecule has 2 rings (SSSR count). The number of likely N-dealkylation sites (N-methyl/N-ethyl adjacent to an activating group) is 1. The first kappa shape index (κ1) is 21.8. The van der Waals surface area contributed by atoms with E-state index in [1.165, 1.54) is 0 Å². The van der Waals surface area contributed by atoms with Crippen LogP contribution in [0.4, 0.5) is 0 Å². The molecule has 5 heteroatoms. The van der Waals surface area contributed by atoms with Gasteiger partial charge < -0.3 is 14.7 Å². The van der Waals surface area contributed by atoms with Crippen molar-refractivity contribution in [3.63, 3.8) is 0 Å². The predicted molar refractivity (Wildman–Crippen MR) is 115 cm³/mol. The Hall–Kier alpha value is -2.46. The van der Waals surface area contributed by atoms with Crippen LogP contribution in [-0.4, -0.2) is 36.1 Å². The number of nitrogens with zero attached hydrogens (tertiary/aromatic N) is 1. The molecule has 0 fully saturated rings. The van der Waals surface area contributed by atoms with Crippen LogP contribution in [0.2, 0.25) is 5.02 Å². The molecule has 0 aliphatic heterocycles. The smallest absolute Gasteiger partial charge is 0.226 e. The molecule has 0 radical (unpaired) electrons. The van der Waals surface area contributed by atoms with Gasteiger partial charge in [0.2, 0.25) is 5.91 Å². The van der Waals surface area contributed by atoms with Crippen LogP contribution in [-0.2, 0) is 16.6 Å². The molecule has 0 spiro atoms. The summed E-state index contributed by atoms with van der Waals surface area (Å²) in [6.07, 6.45) is 0.195. The van der Waals surface area contributed by atoms with E-state index in [4.69, 9.17) is 16.3 Å². The van der Waals surface area contributed by atoms with Crippen molar-refractivity contribution in [2.24, 2.45) is 0 Å². The minimum absolute atomic E-state index is 0.0353. The van der Waals surface area contributed by atoms with Gasteiger partial charge in [-0.25, -0.2) is 0 Å². The second-order valence-corrected chi connectivity index (χ2v) is 8.27. The van der Waals surface area contributed by atoms with Gasteiger partial charge in [-0.05, 0) is 29.2 Å². The van der Waals surface area contributed by atoms with E-state index in [1.807, 2.05) is 24.3 Å². The van der Waals surface area contributed by atoms with Crippen LogP contribution < -0.4 is 4.74 Å². The van der Waals surface area contributed by atoms with E-state index < -0.39 is 0 Å². The monoisotopic (exact) mass is 401 g/mol. The number of carbonyl (C=O) groups is 1. The number of benzene rings is 2. The zero-order chi connectivity index (χ0) is 20.9. The lowest BCUT2D eigenvalue weighted by Gasteiger charge is -2.24. The molecule has 0 saturated heterocycles. The van der Waals surface area contributed by atoms with Crippen LogP contribution in [0.25, 0.3) is 5.76 Å². The van der Waals surface area contributed by atoms with Gasteiger partial charge in [-0.1, -0.05) is 63.2 Å². The van der Waals surface area contributed by atoms with Crippen LogP contribution in [0.3, 0.4) is 0 Å². The van der Waals surface area contributed by atoms with Crippen LogP contribution in [0.5, 0.6) is 5.75 Å². The highest BCUT2D eigenvalue weighted by molar-refractivity contribution is 6.30. The van der Waals surface area contributed by atoms with Crippen molar-refractivity contribution in [3.8, 4) is 5.75 Å². The summed E-state index contributed by atoms with van der Waals surface area (Å²) in [5, 5.41) is 10.4. The topological polar surface area (TPSA) is 49.8 Å². The Balaban J connectivity index is 1.97. The van der Waals surface area contributed by atoms with Crippen molar-refractivity contribution in [2.75, 3.05) is 20.2 Å². The van der Waals surface area contributed by atoms with Gasteiger partial charge in [0.15, 0.2) is 0 Å². The standard InChI is InChI=1S/C23H28ClNO3/c1-16(26)19-9-7-6-8-17(19)14-22(27)25(5)12-13-28-21-11-10-18(24)15-20(21)23(2,3)4/h6-11,15,26H,1,12-14H2,2-5H3. The third kappa shape index (κ3) is 5.77. The first-order valence-corrected chi connectivity index (χ1v) is 9.60. The van der Waals surface area contributed by atoms with Gasteiger partial charge in [-0.3, -0.25) is 4.79 Å². The fourth-order valence-corrected chi connectivity index (χ4v) is 3.06. The summed E-state index contributed by atoms with van der Waals surface area (Å²) in [6, 6.07) is 12.8. The number of aliphatic hydroxyl groups excluding tert-OH is 1. The van der Waals surface area contributed by atoms with E-state index in [9.17, 15) is 9.90 Å². The van der Waals surface area contributed by atoms with Crippen molar-refractivity contribution < 1.29 is 14.6 Å². The first-order valence-electron chi connectivity index (χ1n) is 9.22.